The molecule has 1 atom stereocenters. The van der Waals surface area contributed by atoms with Gasteiger partial charge in [-0.25, -0.2) is 0 Å². The van der Waals surface area contributed by atoms with Crippen molar-refractivity contribution >= 4 is 5.91 Å². The van der Waals surface area contributed by atoms with Gasteiger partial charge in [-0.1, -0.05) is 13.8 Å². The van der Waals surface area contributed by atoms with Crippen LogP contribution in [0.4, 0.5) is 0 Å². The fourth-order valence-electron chi connectivity index (χ4n) is 1.18. The van der Waals surface area contributed by atoms with Gasteiger partial charge in [-0.3, -0.25) is 4.79 Å². The fraction of sp³-hybridized carbons (Fsp3) is 0.917. The summed E-state index contributed by atoms with van der Waals surface area (Å²) < 4.78 is 5.08. The molecule has 0 radical (unpaired) electrons. The van der Waals surface area contributed by atoms with Gasteiger partial charge in [0.15, 0.2) is 0 Å². The van der Waals surface area contributed by atoms with Crippen LogP contribution in [0.3, 0.4) is 0 Å². The third kappa shape index (κ3) is 7.65. The van der Waals surface area contributed by atoms with E-state index in [9.17, 15) is 4.79 Å². The molecule has 0 aromatic rings. The second kappa shape index (κ2) is 6.86. The number of nitrogens with one attached hydrogen (secondary N) is 2. The molecule has 0 spiro atoms. The van der Waals surface area contributed by atoms with Gasteiger partial charge in [0.25, 0.3) is 0 Å². The molecule has 0 saturated carbocycles. The van der Waals surface area contributed by atoms with Crippen LogP contribution in [0.1, 0.15) is 34.6 Å². The Morgan fingerprint density at radius 2 is 1.88 bits per heavy atom. The standard InChI is InChI=1S/C12H26N2O2/c1-9(2)10(8-16-6)14-11(15)7-13-12(3,4)5/h9-10,13H,7-8H2,1-6H3,(H,14,15). The highest BCUT2D eigenvalue weighted by molar-refractivity contribution is 5.78. The van der Waals surface area contributed by atoms with E-state index in [0.29, 0.717) is 19.1 Å². The summed E-state index contributed by atoms with van der Waals surface area (Å²) in [4.78, 5) is 11.7. The monoisotopic (exact) mass is 230 g/mol. The largest absolute Gasteiger partial charge is 0.383 e. The third-order valence-electron chi connectivity index (χ3n) is 2.28. The maximum Gasteiger partial charge on any atom is 0.234 e. The van der Waals surface area contributed by atoms with Gasteiger partial charge in [0.05, 0.1) is 19.2 Å². The molecule has 0 fully saturated rings. The molecular weight excluding hydrogens is 204 g/mol. The van der Waals surface area contributed by atoms with Gasteiger partial charge in [0.2, 0.25) is 5.91 Å². The van der Waals surface area contributed by atoms with Gasteiger partial charge in [-0.2, -0.15) is 0 Å². The Balaban J connectivity index is 4.00. The highest BCUT2D eigenvalue weighted by Crippen LogP contribution is 2.02. The molecular formula is C12H26N2O2. The number of methoxy groups -OCH3 is 1. The van der Waals surface area contributed by atoms with E-state index in [2.05, 4.69) is 24.5 Å². The van der Waals surface area contributed by atoms with Gasteiger partial charge < -0.3 is 15.4 Å². The molecule has 16 heavy (non-hydrogen) atoms. The van der Waals surface area contributed by atoms with Crippen LogP contribution in [0.5, 0.6) is 0 Å². The zero-order chi connectivity index (χ0) is 12.8. The molecule has 1 amide bonds. The second-order valence-corrected chi connectivity index (χ2v) is 5.48. The first kappa shape index (κ1) is 15.4. The molecule has 0 aliphatic carbocycles. The summed E-state index contributed by atoms with van der Waals surface area (Å²) in [6, 6.07) is 0.0827. The molecule has 0 heterocycles. The van der Waals surface area contributed by atoms with Gasteiger partial charge in [-0.15, -0.1) is 0 Å². The smallest absolute Gasteiger partial charge is 0.234 e. The van der Waals surface area contributed by atoms with Crippen molar-refractivity contribution in [2.24, 2.45) is 5.92 Å². The highest BCUT2D eigenvalue weighted by Gasteiger charge is 2.17. The van der Waals surface area contributed by atoms with E-state index in [0.717, 1.165) is 0 Å². The van der Waals surface area contributed by atoms with E-state index in [1.165, 1.54) is 0 Å². The van der Waals surface area contributed by atoms with E-state index < -0.39 is 0 Å². The average Bonchev–Trinajstić information content (AvgIpc) is 2.13. The van der Waals surface area contributed by atoms with Crippen molar-refractivity contribution in [2.75, 3.05) is 20.3 Å². The van der Waals surface area contributed by atoms with Crippen LogP contribution in [-0.2, 0) is 9.53 Å². The maximum absolute atomic E-state index is 11.7. The normalized spacial score (nSPS) is 13.9. The Kier molecular flexibility index (Phi) is 6.60. The van der Waals surface area contributed by atoms with E-state index >= 15 is 0 Å². The first-order valence-electron chi connectivity index (χ1n) is 5.79. The fourth-order valence-corrected chi connectivity index (χ4v) is 1.18. The Morgan fingerprint density at radius 1 is 1.31 bits per heavy atom. The SMILES string of the molecule is COCC(NC(=O)CNC(C)(C)C)C(C)C. The minimum Gasteiger partial charge on any atom is -0.383 e. The van der Waals surface area contributed by atoms with Gasteiger partial charge in [0, 0.05) is 12.6 Å². The number of carbonyl (C=O) groups is 1. The van der Waals surface area contributed by atoms with E-state index in [1.54, 1.807) is 7.11 Å². The summed E-state index contributed by atoms with van der Waals surface area (Å²) in [5.41, 5.74) is -0.0358. The van der Waals surface area contributed by atoms with Crippen molar-refractivity contribution in [1.29, 1.82) is 0 Å². The summed E-state index contributed by atoms with van der Waals surface area (Å²) in [7, 11) is 1.65. The Hall–Kier alpha value is -0.610. The number of ether oxygens (including phenoxy) is 1. The average molecular weight is 230 g/mol. The van der Waals surface area contributed by atoms with Gasteiger partial charge >= 0.3 is 0 Å². The van der Waals surface area contributed by atoms with Crippen molar-refractivity contribution in [3.8, 4) is 0 Å². The van der Waals surface area contributed by atoms with E-state index in [-0.39, 0.29) is 17.5 Å². The predicted molar refractivity (Wildman–Crippen MR) is 66.4 cm³/mol. The lowest BCUT2D eigenvalue weighted by atomic mass is 10.1. The number of carbonyl (C=O) groups excluding carboxylic acids is 1. The molecule has 0 rings (SSSR count). The molecule has 0 aromatic heterocycles. The Labute approximate surface area is 99.1 Å². The highest BCUT2D eigenvalue weighted by atomic mass is 16.5. The Morgan fingerprint density at radius 3 is 2.25 bits per heavy atom. The van der Waals surface area contributed by atoms with Crippen molar-refractivity contribution in [2.45, 2.75) is 46.2 Å². The number of hydrogen-bond donors (Lipinski definition) is 2. The van der Waals surface area contributed by atoms with Crippen LogP contribution < -0.4 is 10.6 Å². The first-order chi connectivity index (χ1) is 7.26. The van der Waals surface area contributed by atoms with Crippen LogP contribution in [0.2, 0.25) is 0 Å². The molecule has 2 N–H and O–H groups in total. The topological polar surface area (TPSA) is 50.4 Å². The quantitative estimate of drug-likeness (QED) is 0.720. The second-order valence-electron chi connectivity index (χ2n) is 5.48. The van der Waals surface area contributed by atoms with Gasteiger partial charge in [-0.05, 0) is 26.7 Å². The molecule has 96 valence electrons. The predicted octanol–water partition coefficient (Wildman–Crippen LogP) is 1.16. The molecule has 0 aliphatic rings. The van der Waals surface area contributed by atoms with Gasteiger partial charge in [0.1, 0.15) is 0 Å². The lowest BCUT2D eigenvalue weighted by Crippen LogP contribution is -2.48. The molecule has 4 heteroatoms. The third-order valence-corrected chi connectivity index (χ3v) is 2.28. The van der Waals surface area contributed by atoms with Crippen LogP contribution in [0, 0.1) is 5.92 Å². The number of amides is 1. The van der Waals surface area contributed by atoms with Crippen molar-refractivity contribution in [3.05, 3.63) is 0 Å². The van der Waals surface area contributed by atoms with Crippen LogP contribution in [0.25, 0.3) is 0 Å². The maximum atomic E-state index is 11.7. The molecule has 0 saturated heterocycles. The minimum atomic E-state index is -0.0358. The zero-order valence-corrected chi connectivity index (χ0v) is 11.4. The molecule has 1 unspecified atom stereocenters. The lowest BCUT2D eigenvalue weighted by Gasteiger charge is -2.24. The summed E-state index contributed by atoms with van der Waals surface area (Å²) in [5.74, 6) is 0.393. The molecule has 0 bridgehead atoms. The molecule has 0 aliphatic heterocycles. The summed E-state index contributed by atoms with van der Waals surface area (Å²) in [5, 5.41) is 6.12. The van der Waals surface area contributed by atoms with Crippen LogP contribution in [0.15, 0.2) is 0 Å². The Bertz CT molecular complexity index is 210. The van der Waals surface area contributed by atoms with E-state index in [4.69, 9.17) is 4.74 Å². The minimum absolute atomic E-state index is 0.0191. The molecule has 0 aromatic carbocycles. The summed E-state index contributed by atoms with van der Waals surface area (Å²) in [6.45, 7) is 11.2. The first-order valence-corrected chi connectivity index (χ1v) is 5.79. The van der Waals surface area contributed by atoms with E-state index in [1.807, 2.05) is 20.8 Å². The molecule has 4 nitrogen and oxygen atoms in total. The van der Waals surface area contributed by atoms with Crippen molar-refractivity contribution in [3.63, 3.8) is 0 Å². The lowest BCUT2D eigenvalue weighted by molar-refractivity contribution is -0.122. The van der Waals surface area contributed by atoms with Crippen molar-refractivity contribution in [1.82, 2.24) is 10.6 Å². The summed E-state index contributed by atoms with van der Waals surface area (Å²) in [6.07, 6.45) is 0. The summed E-state index contributed by atoms with van der Waals surface area (Å²) >= 11 is 0. The van der Waals surface area contributed by atoms with Crippen LogP contribution in [-0.4, -0.2) is 37.7 Å². The van der Waals surface area contributed by atoms with Crippen molar-refractivity contribution < 1.29 is 9.53 Å². The number of rotatable bonds is 6. The van der Waals surface area contributed by atoms with Crippen LogP contribution >= 0.6 is 0 Å². The zero-order valence-electron chi connectivity index (χ0n) is 11.4. The number of hydrogen-bond acceptors (Lipinski definition) is 3.